The number of aliphatic carboxylic acids is 1. The molecular formula is C12H14FN3O4. The first kappa shape index (κ1) is 15.4. The fourth-order valence-electron chi connectivity index (χ4n) is 1.50. The Balaban J connectivity index is 2.80. The van der Waals surface area contributed by atoms with Gasteiger partial charge in [-0.15, -0.1) is 0 Å². The molecule has 108 valence electrons. The number of hydrogen-bond acceptors (Lipinski definition) is 4. The van der Waals surface area contributed by atoms with E-state index in [1.54, 1.807) is 0 Å². The lowest BCUT2D eigenvalue weighted by Crippen LogP contribution is -2.41. The molecule has 0 bridgehead atoms. The standard InChI is InChI=1S/C12H14FN3O4/c13-8-5-6(14)1-2-7(8)11(18)16-9(12(19)20)3-4-10(15)17/h1-2,5,9H,3-4,14H2,(H2,15,17)(H,16,18)(H,19,20)/t9-/m1/s1. The quantitative estimate of drug-likeness (QED) is 0.539. The van der Waals surface area contributed by atoms with E-state index in [2.05, 4.69) is 5.32 Å². The minimum absolute atomic E-state index is 0.141. The van der Waals surface area contributed by atoms with Gasteiger partial charge in [0.15, 0.2) is 0 Å². The van der Waals surface area contributed by atoms with Crippen molar-refractivity contribution in [3.63, 3.8) is 0 Å². The molecule has 0 saturated carbocycles. The third kappa shape index (κ3) is 4.23. The predicted octanol–water partition coefficient (Wildman–Crippen LogP) is -0.144. The molecule has 0 radical (unpaired) electrons. The second kappa shape index (κ2) is 6.50. The van der Waals surface area contributed by atoms with Gasteiger partial charge in [-0.2, -0.15) is 0 Å². The molecule has 1 aromatic rings. The number of carboxylic acids is 1. The second-order valence-electron chi connectivity index (χ2n) is 4.11. The van der Waals surface area contributed by atoms with Crippen LogP contribution >= 0.6 is 0 Å². The fourth-order valence-corrected chi connectivity index (χ4v) is 1.50. The van der Waals surface area contributed by atoms with Crippen LogP contribution in [-0.4, -0.2) is 28.9 Å². The molecule has 0 fully saturated rings. The van der Waals surface area contributed by atoms with E-state index in [9.17, 15) is 18.8 Å². The van der Waals surface area contributed by atoms with E-state index >= 15 is 0 Å². The van der Waals surface area contributed by atoms with Gasteiger partial charge in [0.2, 0.25) is 5.91 Å². The average Bonchev–Trinajstić information content (AvgIpc) is 2.33. The molecule has 0 unspecified atom stereocenters. The Bertz CT molecular complexity index is 548. The number of halogens is 1. The normalized spacial score (nSPS) is 11.7. The highest BCUT2D eigenvalue weighted by molar-refractivity contribution is 5.97. The summed E-state index contributed by atoms with van der Waals surface area (Å²) < 4.78 is 13.5. The van der Waals surface area contributed by atoms with Crippen LogP contribution in [-0.2, 0) is 9.59 Å². The first-order chi connectivity index (χ1) is 9.31. The Morgan fingerprint density at radius 2 is 2.00 bits per heavy atom. The topological polar surface area (TPSA) is 136 Å². The van der Waals surface area contributed by atoms with Gasteiger partial charge in [-0.05, 0) is 24.6 Å². The summed E-state index contributed by atoms with van der Waals surface area (Å²) >= 11 is 0. The fraction of sp³-hybridized carbons (Fsp3) is 0.250. The van der Waals surface area contributed by atoms with Crippen molar-refractivity contribution in [2.45, 2.75) is 18.9 Å². The molecule has 0 aliphatic heterocycles. The monoisotopic (exact) mass is 283 g/mol. The molecule has 0 heterocycles. The highest BCUT2D eigenvalue weighted by atomic mass is 19.1. The van der Waals surface area contributed by atoms with Crippen molar-refractivity contribution in [2.24, 2.45) is 5.73 Å². The number of nitrogens with one attached hydrogen (secondary N) is 1. The highest BCUT2D eigenvalue weighted by Crippen LogP contribution is 2.12. The van der Waals surface area contributed by atoms with Crippen LogP contribution in [0.2, 0.25) is 0 Å². The lowest BCUT2D eigenvalue weighted by molar-refractivity contribution is -0.139. The maximum atomic E-state index is 13.5. The van der Waals surface area contributed by atoms with E-state index in [1.165, 1.54) is 6.07 Å². The largest absolute Gasteiger partial charge is 0.480 e. The molecule has 7 nitrogen and oxygen atoms in total. The van der Waals surface area contributed by atoms with Gasteiger partial charge in [0.1, 0.15) is 11.9 Å². The minimum Gasteiger partial charge on any atom is -0.480 e. The predicted molar refractivity (Wildman–Crippen MR) is 68.1 cm³/mol. The van der Waals surface area contributed by atoms with Crippen LogP contribution in [0.3, 0.4) is 0 Å². The number of amides is 2. The molecular weight excluding hydrogens is 269 g/mol. The van der Waals surface area contributed by atoms with Crippen molar-refractivity contribution in [2.75, 3.05) is 5.73 Å². The van der Waals surface area contributed by atoms with Gasteiger partial charge in [0.05, 0.1) is 5.56 Å². The van der Waals surface area contributed by atoms with Gasteiger partial charge in [0.25, 0.3) is 5.91 Å². The Hall–Kier alpha value is -2.64. The Morgan fingerprint density at radius 3 is 2.50 bits per heavy atom. The van der Waals surface area contributed by atoms with Crippen molar-refractivity contribution in [1.82, 2.24) is 5.32 Å². The highest BCUT2D eigenvalue weighted by Gasteiger charge is 2.22. The van der Waals surface area contributed by atoms with Gasteiger partial charge < -0.3 is 21.9 Å². The summed E-state index contributed by atoms with van der Waals surface area (Å²) in [6.45, 7) is 0. The molecule has 0 spiro atoms. The number of rotatable bonds is 6. The Labute approximate surface area is 113 Å². The molecule has 1 rings (SSSR count). The molecule has 6 N–H and O–H groups in total. The molecule has 0 aliphatic rings. The van der Waals surface area contributed by atoms with Crippen molar-refractivity contribution in [1.29, 1.82) is 0 Å². The number of nitrogen functional groups attached to an aromatic ring is 1. The summed E-state index contributed by atoms with van der Waals surface area (Å²) in [5.74, 6) is -3.79. The average molecular weight is 283 g/mol. The molecule has 2 amide bonds. The van der Waals surface area contributed by atoms with Gasteiger partial charge in [-0.3, -0.25) is 9.59 Å². The summed E-state index contributed by atoms with van der Waals surface area (Å²) in [5.41, 5.74) is 10.1. The SMILES string of the molecule is NC(=O)CC[C@@H](NC(=O)c1ccc(N)cc1F)C(=O)O. The first-order valence-corrected chi connectivity index (χ1v) is 5.68. The minimum atomic E-state index is -1.34. The first-order valence-electron chi connectivity index (χ1n) is 5.68. The molecule has 1 aromatic carbocycles. The molecule has 8 heteroatoms. The smallest absolute Gasteiger partial charge is 0.326 e. The third-order valence-electron chi connectivity index (χ3n) is 2.52. The molecule has 0 aliphatic carbocycles. The van der Waals surface area contributed by atoms with Crippen molar-refractivity contribution >= 4 is 23.5 Å². The zero-order valence-corrected chi connectivity index (χ0v) is 10.4. The zero-order valence-electron chi connectivity index (χ0n) is 10.4. The summed E-state index contributed by atoms with van der Waals surface area (Å²) in [5, 5.41) is 11.0. The van der Waals surface area contributed by atoms with E-state index in [0.717, 1.165) is 12.1 Å². The van der Waals surface area contributed by atoms with Crippen LogP contribution in [0.5, 0.6) is 0 Å². The van der Waals surface area contributed by atoms with E-state index in [0.29, 0.717) is 0 Å². The number of hydrogen-bond donors (Lipinski definition) is 4. The lowest BCUT2D eigenvalue weighted by Gasteiger charge is -2.14. The summed E-state index contributed by atoms with van der Waals surface area (Å²) in [7, 11) is 0. The number of anilines is 1. The van der Waals surface area contributed by atoms with Gasteiger partial charge in [-0.1, -0.05) is 0 Å². The Morgan fingerprint density at radius 1 is 1.35 bits per heavy atom. The van der Waals surface area contributed by atoms with E-state index in [1.807, 2.05) is 0 Å². The van der Waals surface area contributed by atoms with Crippen LogP contribution in [0, 0.1) is 5.82 Å². The number of carboxylic acid groups (broad SMARTS) is 1. The number of carbonyl (C=O) groups excluding carboxylic acids is 2. The van der Waals surface area contributed by atoms with Crippen LogP contribution < -0.4 is 16.8 Å². The van der Waals surface area contributed by atoms with Crippen LogP contribution in [0.4, 0.5) is 10.1 Å². The second-order valence-corrected chi connectivity index (χ2v) is 4.11. The maximum absolute atomic E-state index is 13.5. The van der Waals surface area contributed by atoms with Crippen molar-refractivity contribution in [3.05, 3.63) is 29.6 Å². The van der Waals surface area contributed by atoms with Crippen LogP contribution in [0.15, 0.2) is 18.2 Å². The molecule has 1 atom stereocenters. The van der Waals surface area contributed by atoms with Gasteiger partial charge >= 0.3 is 5.97 Å². The molecule has 0 saturated heterocycles. The van der Waals surface area contributed by atoms with Crippen molar-refractivity contribution < 1.29 is 23.9 Å². The number of primary amides is 1. The lowest BCUT2D eigenvalue weighted by atomic mass is 10.1. The number of nitrogens with two attached hydrogens (primary N) is 2. The van der Waals surface area contributed by atoms with Gasteiger partial charge in [0, 0.05) is 12.1 Å². The summed E-state index contributed by atoms with van der Waals surface area (Å²) in [4.78, 5) is 33.3. The third-order valence-corrected chi connectivity index (χ3v) is 2.52. The zero-order chi connectivity index (χ0) is 15.3. The molecule has 20 heavy (non-hydrogen) atoms. The number of carbonyl (C=O) groups is 3. The summed E-state index contributed by atoms with van der Waals surface area (Å²) in [6, 6.07) is 2.09. The van der Waals surface area contributed by atoms with Crippen LogP contribution in [0.25, 0.3) is 0 Å². The van der Waals surface area contributed by atoms with Gasteiger partial charge in [-0.25, -0.2) is 9.18 Å². The van der Waals surface area contributed by atoms with E-state index in [4.69, 9.17) is 16.6 Å². The van der Waals surface area contributed by atoms with E-state index < -0.39 is 29.6 Å². The van der Waals surface area contributed by atoms with E-state index in [-0.39, 0.29) is 24.1 Å². The van der Waals surface area contributed by atoms with Crippen molar-refractivity contribution in [3.8, 4) is 0 Å². The molecule has 0 aromatic heterocycles. The van der Waals surface area contributed by atoms with Crippen LogP contribution in [0.1, 0.15) is 23.2 Å². The summed E-state index contributed by atoms with van der Waals surface area (Å²) in [6.07, 6.45) is -0.380. The number of benzene rings is 1. The maximum Gasteiger partial charge on any atom is 0.326 e. The Kier molecular flexibility index (Phi) is 5.01.